The molecule has 0 spiro atoms. The third-order valence-electron chi connectivity index (χ3n) is 2.94. The highest BCUT2D eigenvalue weighted by Gasteiger charge is 2.13. The molecular formula is C12H21FN4. The van der Waals surface area contributed by atoms with Crippen LogP contribution in [-0.2, 0) is 0 Å². The molecule has 17 heavy (non-hydrogen) atoms. The number of hydrogen-bond acceptors (Lipinski definition) is 4. The molecule has 0 bridgehead atoms. The van der Waals surface area contributed by atoms with Gasteiger partial charge in [0.1, 0.15) is 0 Å². The monoisotopic (exact) mass is 240 g/mol. The van der Waals surface area contributed by atoms with Crippen LogP contribution in [0.15, 0.2) is 6.20 Å². The molecule has 0 saturated carbocycles. The Hall–Kier alpha value is -1.39. The molecule has 1 rings (SSSR count). The molecule has 1 aromatic rings. The summed E-state index contributed by atoms with van der Waals surface area (Å²) in [4.78, 5) is 7.97. The van der Waals surface area contributed by atoms with Crippen molar-refractivity contribution >= 4 is 11.8 Å². The second-order valence-electron chi connectivity index (χ2n) is 4.24. The van der Waals surface area contributed by atoms with Crippen molar-refractivity contribution in [2.75, 3.05) is 17.2 Å². The fourth-order valence-electron chi connectivity index (χ4n) is 1.42. The highest BCUT2D eigenvalue weighted by Crippen LogP contribution is 2.16. The van der Waals surface area contributed by atoms with Crippen LogP contribution < -0.4 is 10.6 Å². The lowest BCUT2D eigenvalue weighted by Gasteiger charge is -2.20. The number of nitrogens with one attached hydrogen (secondary N) is 2. The largest absolute Gasteiger partial charge is 0.365 e. The zero-order valence-corrected chi connectivity index (χ0v) is 10.9. The van der Waals surface area contributed by atoms with Crippen LogP contribution in [0, 0.1) is 11.7 Å². The Kier molecular flexibility index (Phi) is 5.12. The number of halogens is 1. The van der Waals surface area contributed by atoms with Crippen LogP contribution in [0.4, 0.5) is 16.2 Å². The van der Waals surface area contributed by atoms with Crippen LogP contribution in [0.5, 0.6) is 0 Å². The molecule has 5 heteroatoms. The lowest BCUT2D eigenvalue weighted by atomic mass is 10.0. The second kappa shape index (κ2) is 6.37. The summed E-state index contributed by atoms with van der Waals surface area (Å²) in [6.45, 7) is 8.93. The average molecular weight is 240 g/mol. The van der Waals surface area contributed by atoms with E-state index in [9.17, 15) is 4.39 Å². The first kappa shape index (κ1) is 13.7. The molecule has 0 saturated heterocycles. The molecule has 0 radical (unpaired) electrons. The lowest BCUT2D eigenvalue weighted by molar-refractivity contribution is 0.489. The summed E-state index contributed by atoms with van der Waals surface area (Å²) in [5, 5.41) is 6.06. The van der Waals surface area contributed by atoms with Gasteiger partial charge in [-0.3, -0.25) is 0 Å². The quantitative estimate of drug-likeness (QED) is 0.802. The fraction of sp³-hybridized carbons (Fsp3) is 0.667. The lowest BCUT2D eigenvalue weighted by Crippen LogP contribution is -2.24. The minimum atomic E-state index is -0.415. The van der Waals surface area contributed by atoms with Gasteiger partial charge in [-0.15, -0.1) is 0 Å². The highest BCUT2D eigenvalue weighted by atomic mass is 19.1. The molecule has 2 atom stereocenters. The number of nitrogens with zero attached hydrogens (tertiary/aromatic N) is 2. The van der Waals surface area contributed by atoms with E-state index < -0.39 is 5.82 Å². The predicted molar refractivity (Wildman–Crippen MR) is 68.7 cm³/mol. The topological polar surface area (TPSA) is 49.8 Å². The number of aromatic nitrogens is 2. The molecule has 0 aliphatic heterocycles. The maximum Gasteiger partial charge on any atom is 0.224 e. The van der Waals surface area contributed by atoms with E-state index in [1.807, 2.05) is 13.8 Å². The Balaban J connectivity index is 2.78. The minimum absolute atomic E-state index is 0.180. The molecule has 1 heterocycles. The fourth-order valence-corrected chi connectivity index (χ4v) is 1.42. The Bertz CT molecular complexity index is 356. The molecule has 96 valence electrons. The van der Waals surface area contributed by atoms with Gasteiger partial charge in [-0.05, 0) is 19.8 Å². The summed E-state index contributed by atoms with van der Waals surface area (Å²) >= 11 is 0. The van der Waals surface area contributed by atoms with Crippen molar-refractivity contribution in [1.82, 2.24) is 9.97 Å². The summed E-state index contributed by atoms with van der Waals surface area (Å²) in [5.74, 6) is 0.769. The minimum Gasteiger partial charge on any atom is -0.365 e. The number of anilines is 2. The van der Waals surface area contributed by atoms with E-state index in [1.54, 1.807) is 0 Å². The van der Waals surface area contributed by atoms with Crippen molar-refractivity contribution in [3.05, 3.63) is 12.0 Å². The molecular weight excluding hydrogens is 219 g/mol. The normalized spacial score (nSPS) is 14.2. The Morgan fingerprint density at radius 1 is 1.35 bits per heavy atom. The maximum absolute atomic E-state index is 13.5. The molecule has 0 amide bonds. The van der Waals surface area contributed by atoms with Gasteiger partial charge < -0.3 is 10.6 Å². The van der Waals surface area contributed by atoms with Gasteiger partial charge in [-0.2, -0.15) is 4.98 Å². The zero-order chi connectivity index (χ0) is 12.8. The van der Waals surface area contributed by atoms with Gasteiger partial charge in [0.05, 0.1) is 6.20 Å². The van der Waals surface area contributed by atoms with Crippen molar-refractivity contribution in [2.24, 2.45) is 5.92 Å². The van der Waals surface area contributed by atoms with Crippen molar-refractivity contribution in [1.29, 1.82) is 0 Å². The van der Waals surface area contributed by atoms with E-state index in [-0.39, 0.29) is 11.9 Å². The Labute approximate surface area is 102 Å². The van der Waals surface area contributed by atoms with E-state index >= 15 is 0 Å². The van der Waals surface area contributed by atoms with E-state index in [0.29, 0.717) is 18.4 Å². The van der Waals surface area contributed by atoms with Crippen LogP contribution in [0.25, 0.3) is 0 Å². The van der Waals surface area contributed by atoms with E-state index in [4.69, 9.17) is 0 Å². The standard InChI is InChI=1S/C12H21FN4/c1-5-8(3)9(4)16-11-10(13)7-15-12(17-11)14-6-2/h7-9H,5-6H2,1-4H3,(H2,14,15,16,17). The maximum atomic E-state index is 13.5. The van der Waals surface area contributed by atoms with E-state index in [2.05, 4.69) is 34.4 Å². The number of rotatable bonds is 6. The highest BCUT2D eigenvalue weighted by molar-refractivity contribution is 5.41. The SMILES string of the molecule is CCNc1ncc(F)c(NC(C)C(C)CC)n1. The molecule has 0 aliphatic rings. The molecule has 1 aromatic heterocycles. The summed E-state index contributed by atoms with van der Waals surface area (Å²) in [6, 6.07) is 0.180. The molecule has 0 aromatic carbocycles. The van der Waals surface area contributed by atoms with Gasteiger partial charge in [0, 0.05) is 12.6 Å². The first-order valence-electron chi connectivity index (χ1n) is 6.11. The first-order valence-corrected chi connectivity index (χ1v) is 6.11. The van der Waals surface area contributed by atoms with Crippen LogP contribution in [0.1, 0.15) is 34.1 Å². The third-order valence-corrected chi connectivity index (χ3v) is 2.94. The predicted octanol–water partition coefficient (Wildman–Crippen LogP) is 2.89. The molecule has 2 unspecified atom stereocenters. The van der Waals surface area contributed by atoms with Gasteiger partial charge in [-0.25, -0.2) is 9.37 Å². The van der Waals surface area contributed by atoms with Crippen molar-refractivity contribution in [2.45, 2.75) is 40.2 Å². The van der Waals surface area contributed by atoms with Gasteiger partial charge in [0.2, 0.25) is 5.95 Å². The number of hydrogen-bond donors (Lipinski definition) is 2. The van der Waals surface area contributed by atoms with Crippen molar-refractivity contribution < 1.29 is 4.39 Å². The van der Waals surface area contributed by atoms with Crippen molar-refractivity contribution in [3.8, 4) is 0 Å². The summed E-state index contributed by atoms with van der Waals surface area (Å²) in [5.41, 5.74) is 0. The summed E-state index contributed by atoms with van der Waals surface area (Å²) < 4.78 is 13.5. The Morgan fingerprint density at radius 3 is 2.65 bits per heavy atom. The molecule has 4 nitrogen and oxygen atoms in total. The second-order valence-corrected chi connectivity index (χ2v) is 4.24. The first-order chi connectivity index (χ1) is 8.08. The van der Waals surface area contributed by atoms with Crippen LogP contribution in [0.2, 0.25) is 0 Å². The average Bonchev–Trinajstić information content (AvgIpc) is 2.32. The van der Waals surface area contributed by atoms with Gasteiger partial charge in [-0.1, -0.05) is 20.3 Å². The van der Waals surface area contributed by atoms with Gasteiger partial charge >= 0.3 is 0 Å². The van der Waals surface area contributed by atoms with Crippen molar-refractivity contribution in [3.63, 3.8) is 0 Å². The van der Waals surface area contributed by atoms with E-state index in [1.165, 1.54) is 6.20 Å². The zero-order valence-electron chi connectivity index (χ0n) is 10.9. The van der Waals surface area contributed by atoms with Gasteiger partial charge in [0.15, 0.2) is 11.6 Å². The van der Waals surface area contributed by atoms with Crippen LogP contribution in [-0.4, -0.2) is 22.6 Å². The van der Waals surface area contributed by atoms with Crippen LogP contribution >= 0.6 is 0 Å². The summed E-state index contributed by atoms with van der Waals surface area (Å²) in [7, 11) is 0. The Morgan fingerprint density at radius 2 is 2.06 bits per heavy atom. The third kappa shape index (κ3) is 3.84. The summed E-state index contributed by atoms with van der Waals surface area (Å²) in [6.07, 6.45) is 2.23. The van der Waals surface area contributed by atoms with Gasteiger partial charge in [0.25, 0.3) is 0 Å². The molecule has 0 fully saturated rings. The molecule has 2 N–H and O–H groups in total. The molecule has 0 aliphatic carbocycles. The van der Waals surface area contributed by atoms with Crippen LogP contribution in [0.3, 0.4) is 0 Å². The smallest absolute Gasteiger partial charge is 0.224 e. The van der Waals surface area contributed by atoms with E-state index in [0.717, 1.165) is 6.42 Å².